The molecule has 0 aliphatic heterocycles. The number of methoxy groups -OCH3 is 1. The third-order valence-electron chi connectivity index (χ3n) is 2.09. The Morgan fingerprint density at radius 2 is 1.83 bits per heavy atom. The Bertz CT molecular complexity index is 406. The van der Waals surface area contributed by atoms with Gasteiger partial charge in [0.2, 0.25) is 0 Å². The van der Waals surface area contributed by atoms with Crippen LogP contribution in [-0.2, 0) is 20.3 Å². The molecule has 0 fully saturated rings. The second-order valence-corrected chi connectivity index (χ2v) is 4.98. The molecule has 7 heteroatoms. The van der Waals surface area contributed by atoms with Gasteiger partial charge in [-0.1, -0.05) is 0 Å². The van der Waals surface area contributed by atoms with E-state index in [4.69, 9.17) is 15.2 Å². The molecule has 18 heavy (non-hydrogen) atoms. The van der Waals surface area contributed by atoms with Gasteiger partial charge >= 0.3 is 0 Å². The van der Waals surface area contributed by atoms with Crippen LogP contribution in [0.4, 0.5) is 14.5 Å². The van der Waals surface area contributed by atoms with Gasteiger partial charge in [-0.05, 0) is 12.1 Å². The SMILES string of the molecule is COCCOCCS(=O)c1c(F)cc(N)cc1F. The molecule has 0 bridgehead atoms. The fraction of sp³-hybridized carbons (Fsp3) is 0.455. The first-order valence-electron chi connectivity index (χ1n) is 5.26. The van der Waals surface area contributed by atoms with Gasteiger partial charge in [0.15, 0.2) is 0 Å². The van der Waals surface area contributed by atoms with Crippen molar-refractivity contribution in [3.8, 4) is 0 Å². The number of nitrogen functional groups attached to an aromatic ring is 1. The van der Waals surface area contributed by atoms with Gasteiger partial charge in [-0.3, -0.25) is 4.21 Å². The lowest BCUT2D eigenvalue weighted by Crippen LogP contribution is -2.12. The molecule has 102 valence electrons. The normalized spacial score (nSPS) is 12.6. The van der Waals surface area contributed by atoms with Crippen LogP contribution in [0.15, 0.2) is 17.0 Å². The van der Waals surface area contributed by atoms with Crippen LogP contribution in [0.2, 0.25) is 0 Å². The highest BCUT2D eigenvalue weighted by molar-refractivity contribution is 7.85. The third kappa shape index (κ3) is 4.32. The van der Waals surface area contributed by atoms with E-state index in [2.05, 4.69) is 0 Å². The second-order valence-electron chi connectivity index (χ2n) is 3.47. The molecule has 4 nitrogen and oxygen atoms in total. The Balaban J connectivity index is 2.57. The van der Waals surface area contributed by atoms with E-state index in [-0.39, 0.29) is 18.0 Å². The smallest absolute Gasteiger partial charge is 0.144 e. The molecule has 0 amide bonds. The molecule has 1 unspecified atom stereocenters. The minimum Gasteiger partial charge on any atom is -0.399 e. The van der Waals surface area contributed by atoms with Gasteiger partial charge in [-0.15, -0.1) is 0 Å². The van der Waals surface area contributed by atoms with Gasteiger partial charge in [0.1, 0.15) is 16.5 Å². The Labute approximate surface area is 107 Å². The van der Waals surface area contributed by atoms with Crippen LogP contribution in [0, 0.1) is 11.6 Å². The summed E-state index contributed by atoms with van der Waals surface area (Å²) < 4.78 is 48.4. The Morgan fingerprint density at radius 3 is 2.39 bits per heavy atom. The minimum atomic E-state index is -1.79. The predicted molar refractivity (Wildman–Crippen MR) is 64.7 cm³/mol. The highest BCUT2D eigenvalue weighted by atomic mass is 32.2. The summed E-state index contributed by atoms with van der Waals surface area (Å²) in [5.41, 5.74) is 5.23. The first-order valence-corrected chi connectivity index (χ1v) is 6.57. The lowest BCUT2D eigenvalue weighted by Gasteiger charge is -2.07. The van der Waals surface area contributed by atoms with Crippen LogP contribution in [0.25, 0.3) is 0 Å². The zero-order chi connectivity index (χ0) is 13.5. The van der Waals surface area contributed by atoms with E-state index in [1.807, 2.05) is 0 Å². The molecule has 0 radical (unpaired) electrons. The largest absolute Gasteiger partial charge is 0.399 e. The van der Waals surface area contributed by atoms with Gasteiger partial charge in [-0.2, -0.15) is 0 Å². The molecule has 0 spiro atoms. The monoisotopic (exact) mass is 279 g/mol. The summed E-state index contributed by atoms with van der Waals surface area (Å²) in [7, 11) is -0.263. The Hall–Kier alpha value is -1.05. The summed E-state index contributed by atoms with van der Waals surface area (Å²) >= 11 is 0. The van der Waals surface area contributed by atoms with Crippen molar-refractivity contribution in [3.63, 3.8) is 0 Å². The molecule has 0 heterocycles. The highest BCUT2D eigenvalue weighted by Gasteiger charge is 2.16. The van der Waals surface area contributed by atoms with E-state index < -0.39 is 27.3 Å². The first kappa shape index (κ1) is 15.0. The van der Waals surface area contributed by atoms with Crippen molar-refractivity contribution in [3.05, 3.63) is 23.8 Å². The van der Waals surface area contributed by atoms with Gasteiger partial charge in [0, 0.05) is 12.8 Å². The topological polar surface area (TPSA) is 61.5 Å². The quantitative estimate of drug-likeness (QED) is 0.604. The van der Waals surface area contributed by atoms with Crippen molar-refractivity contribution in [1.82, 2.24) is 0 Å². The van der Waals surface area contributed by atoms with Crippen molar-refractivity contribution in [2.75, 3.05) is 38.4 Å². The van der Waals surface area contributed by atoms with Crippen molar-refractivity contribution in [2.45, 2.75) is 4.90 Å². The maximum Gasteiger partial charge on any atom is 0.144 e. The number of anilines is 1. The molecule has 0 saturated heterocycles. The maximum absolute atomic E-state index is 13.4. The average molecular weight is 279 g/mol. The number of nitrogens with two attached hydrogens (primary N) is 1. The van der Waals surface area contributed by atoms with E-state index in [9.17, 15) is 13.0 Å². The standard InChI is InChI=1S/C11H15F2NO3S/c1-16-2-3-17-4-5-18(15)11-9(12)6-8(14)7-10(11)13/h6-7H,2-5,14H2,1H3. The van der Waals surface area contributed by atoms with E-state index in [1.165, 1.54) is 7.11 Å². The van der Waals surface area contributed by atoms with Gasteiger partial charge < -0.3 is 15.2 Å². The molecule has 2 N–H and O–H groups in total. The Kier molecular flexibility index (Phi) is 6.17. The summed E-state index contributed by atoms with van der Waals surface area (Å²) in [6.07, 6.45) is 0. The fourth-order valence-electron chi connectivity index (χ4n) is 1.28. The highest BCUT2D eigenvalue weighted by Crippen LogP contribution is 2.20. The van der Waals surface area contributed by atoms with Crippen LogP contribution in [0.3, 0.4) is 0 Å². The lowest BCUT2D eigenvalue weighted by molar-refractivity contribution is 0.0787. The summed E-state index contributed by atoms with van der Waals surface area (Å²) in [5, 5.41) is 0. The van der Waals surface area contributed by atoms with E-state index in [0.717, 1.165) is 12.1 Å². The summed E-state index contributed by atoms with van der Waals surface area (Å²) in [5.74, 6) is -1.79. The zero-order valence-electron chi connectivity index (χ0n) is 9.95. The molecular formula is C11H15F2NO3S. The number of rotatable bonds is 7. The summed E-state index contributed by atoms with van der Waals surface area (Å²) in [4.78, 5) is -0.459. The Morgan fingerprint density at radius 1 is 1.22 bits per heavy atom. The molecule has 1 aromatic carbocycles. The van der Waals surface area contributed by atoms with Crippen LogP contribution in [0.5, 0.6) is 0 Å². The van der Waals surface area contributed by atoms with E-state index >= 15 is 0 Å². The maximum atomic E-state index is 13.4. The van der Waals surface area contributed by atoms with Gasteiger partial charge in [-0.25, -0.2) is 8.78 Å². The number of ether oxygens (including phenoxy) is 2. The summed E-state index contributed by atoms with van der Waals surface area (Å²) in [6, 6.07) is 1.89. The lowest BCUT2D eigenvalue weighted by atomic mass is 10.3. The molecular weight excluding hydrogens is 264 g/mol. The number of halogens is 2. The molecule has 0 saturated carbocycles. The number of benzene rings is 1. The van der Waals surface area contributed by atoms with Crippen LogP contribution in [0.1, 0.15) is 0 Å². The van der Waals surface area contributed by atoms with Crippen molar-refractivity contribution in [1.29, 1.82) is 0 Å². The van der Waals surface area contributed by atoms with Gasteiger partial charge in [0.05, 0.1) is 36.4 Å². The van der Waals surface area contributed by atoms with E-state index in [0.29, 0.717) is 13.2 Å². The van der Waals surface area contributed by atoms with Crippen molar-refractivity contribution in [2.24, 2.45) is 0 Å². The van der Waals surface area contributed by atoms with Crippen LogP contribution < -0.4 is 5.73 Å². The zero-order valence-corrected chi connectivity index (χ0v) is 10.8. The molecule has 0 aliphatic carbocycles. The number of hydrogen-bond donors (Lipinski definition) is 1. The predicted octanol–water partition coefficient (Wildman–Crippen LogP) is 1.32. The molecule has 1 rings (SSSR count). The minimum absolute atomic E-state index is 0.0153. The molecule has 0 aliphatic rings. The summed E-state index contributed by atoms with van der Waals surface area (Å²) in [6.45, 7) is 0.900. The average Bonchev–Trinajstić information content (AvgIpc) is 2.27. The number of hydrogen-bond acceptors (Lipinski definition) is 4. The van der Waals surface area contributed by atoms with Crippen molar-refractivity contribution >= 4 is 16.5 Å². The molecule has 1 aromatic rings. The van der Waals surface area contributed by atoms with Crippen LogP contribution >= 0.6 is 0 Å². The molecule has 0 aromatic heterocycles. The van der Waals surface area contributed by atoms with Gasteiger partial charge in [0.25, 0.3) is 0 Å². The molecule has 1 atom stereocenters. The van der Waals surface area contributed by atoms with Crippen molar-refractivity contribution < 1.29 is 22.5 Å². The third-order valence-corrected chi connectivity index (χ3v) is 3.48. The van der Waals surface area contributed by atoms with Crippen LogP contribution in [-0.4, -0.2) is 36.9 Å². The second kappa shape index (κ2) is 7.40. The first-order chi connectivity index (χ1) is 8.56. The fourth-order valence-corrected chi connectivity index (χ4v) is 2.30. The van der Waals surface area contributed by atoms with E-state index in [1.54, 1.807) is 0 Å².